The van der Waals surface area contributed by atoms with Crippen LogP contribution in [0.5, 0.6) is 0 Å². The normalized spacial score (nSPS) is 12.6. The van der Waals surface area contributed by atoms with Gasteiger partial charge >= 0.3 is 0 Å². The van der Waals surface area contributed by atoms with Crippen molar-refractivity contribution in [3.63, 3.8) is 0 Å². The summed E-state index contributed by atoms with van der Waals surface area (Å²) in [7, 11) is 0. The molecule has 4 rings (SSSR count). The summed E-state index contributed by atoms with van der Waals surface area (Å²) in [5.41, 5.74) is 0.781. The Balaban J connectivity index is 2.24. The minimum Gasteiger partial charge on any atom is -0.285 e. The minimum atomic E-state index is -0.366. The highest BCUT2D eigenvalue weighted by atomic mass is 35.5. The lowest BCUT2D eigenvalue weighted by atomic mass is 10.1. The van der Waals surface area contributed by atoms with Gasteiger partial charge in [-0.15, -0.1) is 0 Å². The van der Waals surface area contributed by atoms with Crippen LogP contribution in [-0.2, 0) is 0 Å². The minimum absolute atomic E-state index is 0.0675. The molecular formula is C15H6Cl2N2O2. The predicted molar refractivity (Wildman–Crippen MR) is 80.8 cm³/mol. The first-order valence-electron chi connectivity index (χ1n) is 6.14. The lowest BCUT2D eigenvalue weighted by Crippen LogP contribution is -2.21. The topological polar surface area (TPSA) is 52.0 Å². The van der Waals surface area contributed by atoms with Crippen molar-refractivity contribution in [2.75, 3.05) is 0 Å². The number of ketones is 1. The molecule has 2 aromatic carbocycles. The summed E-state index contributed by atoms with van der Waals surface area (Å²) >= 11 is 12.2. The molecule has 1 aliphatic rings. The van der Waals surface area contributed by atoms with Gasteiger partial charge in [-0.05, 0) is 24.3 Å². The number of rotatable bonds is 0. The maximum Gasteiger partial charge on any atom is 0.267 e. The molecule has 0 spiro atoms. The Hall–Kier alpha value is -2.17. The number of nitrogens with zero attached hydrogens (tertiary/aromatic N) is 2. The summed E-state index contributed by atoms with van der Waals surface area (Å²) in [6.07, 6.45) is 0. The van der Waals surface area contributed by atoms with Crippen molar-refractivity contribution in [2.24, 2.45) is 0 Å². The van der Waals surface area contributed by atoms with Crippen LogP contribution in [-0.4, -0.2) is 15.3 Å². The fraction of sp³-hybridized carbons (Fsp3) is 0. The van der Waals surface area contributed by atoms with Crippen molar-refractivity contribution in [1.29, 1.82) is 0 Å². The first kappa shape index (κ1) is 12.6. The zero-order valence-corrected chi connectivity index (χ0v) is 11.9. The monoisotopic (exact) mass is 316 g/mol. The van der Waals surface area contributed by atoms with Gasteiger partial charge in [0, 0.05) is 0 Å². The van der Waals surface area contributed by atoms with E-state index in [0.717, 1.165) is 0 Å². The average Bonchev–Trinajstić information content (AvgIpc) is 2.74. The molecule has 6 heteroatoms. The molecular weight excluding hydrogens is 311 g/mol. The number of halogens is 2. The van der Waals surface area contributed by atoms with E-state index in [0.29, 0.717) is 32.2 Å². The molecule has 0 aliphatic carbocycles. The Bertz CT molecular complexity index is 1010. The summed E-state index contributed by atoms with van der Waals surface area (Å²) in [6.45, 7) is 0. The SMILES string of the molecule is O=C1c2c(Cl)cccc2-n2c1nc1cccc(Cl)c1c2=O. The Morgan fingerprint density at radius 2 is 1.67 bits per heavy atom. The molecule has 1 aromatic heterocycles. The molecule has 4 nitrogen and oxygen atoms in total. The number of aromatic nitrogens is 2. The van der Waals surface area contributed by atoms with Crippen molar-refractivity contribution < 1.29 is 4.79 Å². The Morgan fingerprint density at radius 1 is 0.952 bits per heavy atom. The summed E-state index contributed by atoms with van der Waals surface area (Å²) in [6, 6.07) is 9.93. The van der Waals surface area contributed by atoms with Crippen molar-refractivity contribution >= 4 is 39.9 Å². The molecule has 1 aliphatic heterocycles. The van der Waals surface area contributed by atoms with Crippen LogP contribution in [0.3, 0.4) is 0 Å². The second-order valence-corrected chi connectivity index (χ2v) is 5.49. The molecule has 21 heavy (non-hydrogen) atoms. The third kappa shape index (κ3) is 1.54. The van der Waals surface area contributed by atoms with Crippen molar-refractivity contribution in [2.45, 2.75) is 0 Å². The van der Waals surface area contributed by atoms with Crippen LogP contribution in [0.15, 0.2) is 41.2 Å². The van der Waals surface area contributed by atoms with Gasteiger partial charge in [-0.3, -0.25) is 14.2 Å². The van der Waals surface area contributed by atoms with Crippen LogP contribution in [0.4, 0.5) is 0 Å². The predicted octanol–water partition coefficient (Wildman–Crippen LogP) is 3.24. The highest BCUT2D eigenvalue weighted by Gasteiger charge is 2.32. The van der Waals surface area contributed by atoms with Gasteiger partial charge in [-0.25, -0.2) is 4.98 Å². The molecule has 0 radical (unpaired) electrons. The highest BCUT2D eigenvalue weighted by Crippen LogP contribution is 2.32. The van der Waals surface area contributed by atoms with Crippen molar-refractivity contribution in [3.05, 3.63) is 68.2 Å². The summed E-state index contributed by atoms with van der Waals surface area (Å²) in [5, 5.41) is 0.907. The lowest BCUT2D eigenvalue weighted by Gasteiger charge is -2.06. The maximum atomic E-state index is 12.7. The van der Waals surface area contributed by atoms with E-state index in [2.05, 4.69) is 4.98 Å². The van der Waals surface area contributed by atoms with Crippen LogP contribution in [0, 0.1) is 0 Å². The number of carbonyl (C=O) groups is 1. The van der Waals surface area contributed by atoms with E-state index < -0.39 is 0 Å². The first-order valence-corrected chi connectivity index (χ1v) is 6.90. The van der Waals surface area contributed by atoms with E-state index >= 15 is 0 Å². The molecule has 0 saturated heterocycles. The molecule has 0 atom stereocenters. The standard InChI is InChI=1S/C15H6Cl2N2O2/c16-7-3-1-5-9-11(7)15(21)19-10-6-2-4-8(17)12(10)13(20)14(19)18-9/h1-6H. The lowest BCUT2D eigenvalue weighted by molar-refractivity contribution is 0.103. The molecule has 0 unspecified atom stereocenters. The van der Waals surface area contributed by atoms with Gasteiger partial charge in [0.25, 0.3) is 5.56 Å². The average molecular weight is 317 g/mol. The number of fused-ring (bicyclic) bond motifs is 4. The molecule has 2 heterocycles. The zero-order valence-electron chi connectivity index (χ0n) is 10.4. The van der Waals surface area contributed by atoms with E-state index in [1.165, 1.54) is 4.57 Å². The zero-order chi connectivity index (χ0) is 14.7. The molecule has 0 fully saturated rings. The molecule has 3 aromatic rings. The van der Waals surface area contributed by atoms with Gasteiger partial charge in [0.05, 0.1) is 32.2 Å². The van der Waals surface area contributed by atoms with Crippen molar-refractivity contribution in [1.82, 2.24) is 9.55 Å². The Kier molecular flexibility index (Phi) is 2.49. The number of benzene rings is 2. The van der Waals surface area contributed by atoms with Crippen LogP contribution in [0.1, 0.15) is 16.2 Å². The van der Waals surface area contributed by atoms with Crippen LogP contribution < -0.4 is 5.56 Å². The molecule has 102 valence electrons. The van der Waals surface area contributed by atoms with E-state index in [9.17, 15) is 9.59 Å². The number of hydrogen-bond donors (Lipinski definition) is 0. The fourth-order valence-corrected chi connectivity index (χ4v) is 3.11. The van der Waals surface area contributed by atoms with Crippen LogP contribution >= 0.6 is 23.2 Å². The van der Waals surface area contributed by atoms with E-state index in [4.69, 9.17) is 23.2 Å². The molecule has 0 N–H and O–H groups in total. The maximum absolute atomic E-state index is 12.7. The fourth-order valence-electron chi connectivity index (χ4n) is 2.60. The van der Waals surface area contributed by atoms with Gasteiger partial charge < -0.3 is 0 Å². The van der Waals surface area contributed by atoms with Gasteiger partial charge in [-0.2, -0.15) is 0 Å². The summed E-state index contributed by atoms with van der Waals surface area (Å²) < 4.78 is 1.28. The molecule has 0 bridgehead atoms. The summed E-state index contributed by atoms with van der Waals surface area (Å²) in [5.74, 6) is -0.285. The smallest absolute Gasteiger partial charge is 0.267 e. The number of hydrogen-bond acceptors (Lipinski definition) is 3. The quantitative estimate of drug-likeness (QED) is 0.500. The van der Waals surface area contributed by atoms with Crippen LogP contribution in [0.2, 0.25) is 10.0 Å². The molecule has 0 amide bonds. The van der Waals surface area contributed by atoms with Crippen LogP contribution in [0.25, 0.3) is 16.6 Å². The Morgan fingerprint density at radius 3 is 2.48 bits per heavy atom. The third-order valence-electron chi connectivity index (χ3n) is 3.51. The van der Waals surface area contributed by atoms with Crippen molar-refractivity contribution in [3.8, 4) is 5.69 Å². The van der Waals surface area contributed by atoms with Gasteiger partial charge in [0.1, 0.15) is 0 Å². The highest BCUT2D eigenvalue weighted by molar-refractivity contribution is 6.36. The largest absolute Gasteiger partial charge is 0.285 e. The first-order chi connectivity index (χ1) is 10.1. The van der Waals surface area contributed by atoms with E-state index in [1.807, 2.05) is 0 Å². The number of carbonyl (C=O) groups excluding carboxylic acids is 1. The van der Waals surface area contributed by atoms with E-state index in [-0.39, 0.29) is 17.2 Å². The van der Waals surface area contributed by atoms with Gasteiger partial charge in [0.15, 0.2) is 5.82 Å². The summed E-state index contributed by atoms with van der Waals surface area (Å²) in [4.78, 5) is 29.4. The third-order valence-corrected chi connectivity index (χ3v) is 4.14. The second-order valence-electron chi connectivity index (χ2n) is 4.67. The van der Waals surface area contributed by atoms with Gasteiger partial charge in [0.2, 0.25) is 5.78 Å². The molecule has 0 saturated carbocycles. The Labute approximate surface area is 128 Å². The van der Waals surface area contributed by atoms with Gasteiger partial charge in [-0.1, -0.05) is 35.3 Å². The second kappa shape index (κ2) is 4.16. The van der Waals surface area contributed by atoms with E-state index in [1.54, 1.807) is 36.4 Å².